The maximum absolute atomic E-state index is 12.7. The first-order valence-electron chi connectivity index (χ1n) is 8.43. The van der Waals surface area contributed by atoms with Crippen LogP contribution in [0.1, 0.15) is 38.8 Å². The molecule has 0 unspecified atom stereocenters. The number of sulfonamides is 1. The minimum Gasteiger partial charge on any atom is -0.494 e. The fraction of sp³-hybridized carbons (Fsp3) is 0.400. The van der Waals surface area contributed by atoms with E-state index in [4.69, 9.17) is 4.74 Å². The summed E-state index contributed by atoms with van der Waals surface area (Å²) in [5, 5.41) is 0. The molecule has 0 aliphatic carbocycles. The number of hydrogen-bond donors (Lipinski definition) is 0. The third-order valence-electron chi connectivity index (χ3n) is 4.07. The van der Waals surface area contributed by atoms with Crippen LogP contribution in [0.15, 0.2) is 53.4 Å². The van der Waals surface area contributed by atoms with Gasteiger partial charge in [-0.1, -0.05) is 45.0 Å². The first kappa shape index (κ1) is 19.5. The van der Waals surface area contributed by atoms with Crippen molar-refractivity contribution in [3.8, 4) is 5.75 Å². The third-order valence-corrected chi connectivity index (χ3v) is 5.89. The van der Waals surface area contributed by atoms with Gasteiger partial charge < -0.3 is 4.74 Å². The minimum atomic E-state index is -3.53. The molecule has 0 radical (unpaired) electrons. The lowest BCUT2D eigenvalue weighted by atomic mass is 9.87. The van der Waals surface area contributed by atoms with E-state index in [-0.39, 0.29) is 10.3 Å². The van der Waals surface area contributed by atoms with Gasteiger partial charge in [-0.05, 0) is 47.7 Å². The zero-order valence-corrected chi connectivity index (χ0v) is 16.4. The highest BCUT2D eigenvalue weighted by atomic mass is 32.2. The Balaban J connectivity index is 2.14. The van der Waals surface area contributed by atoms with Crippen LogP contribution in [0.5, 0.6) is 5.75 Å². The summed E-state index contributed by atoms with van der Waals surface area (Å²) >= 11 is 0. The standard InChI is InChI=1S/C20H27NO3S/c1-6-24-18-11-13-19(14-12-18)25(22,23)21(5)15-16-7-9-17(10-8-16)20(2,3)4/h7-14H,6,15H2,1-5H3. The molecule has 5 heteroatoms. The van der Waals surface area contributed by atoms with Gasteiger partial charge in [-0.15, -0.1) is 0 Å². The van der Waals surface area contributed by atoms with Gasteiger partial charge in [-0.2, -0.15) is 4.31 Å². The fourth-order valence-electron chi connectivity index (χ4n) is 2.51. The number of benzene rings is 2. The zero-order valence-electron chi connectivity index (χ0n) is 15.6. The predicted molar refractivity (Wildman–Crippen MR) is 101 cm³/mol. The molecule has 0 spiro atoms. The Morgan fingerprint density at radius 1 is 0.960 bits per heavy atom. The maximum Gasteiger partial charge on any atom is 0.243 e. The lowest BCUT2D eigenvalue weighted by Crippen LogP contribution is -2.26. The summed E-state index contributed by atoms with van der Waals surface area (Å²) < 4.78 is 32.2. The Morgan fingerprint density at radius 2 is 1.52 bits per heavy atom. The van der Waals surface area contributed by atoms with E-state index in [1.165, 1.54) is 9.87 Å². The highest BCUT2D eigenvalue weighted by Gasteiger charge is 2.21. The van der Waals surface area contributed by atoms with Crippen molar-refractivity contribution in [2.75, 3.05) is 13.7 Å². The normalized spacial score (nSPS) is 12.4. The van der Waals surface area contributed by atoms with Crippen molar-refractivity contribution >= 4 is 10.0 Å². The highest BCUT2D eigenvalue weighted by Crippen LogP contribution is 2.24. The van der Waals surface area contributed by atoms with Gasteiger partial charge in [-0.25, -0.2) is 8.42 Å². The van der Waals surface area contributed by atoms with Gasteiger partial charge in [0.15, 0.2) is 0 Å². The van der Waals surface area contributed by atoms with Gasteiger partial charge in [0.2, 0.25) is 10.0 Å². The van der Waals surface area contributed by atoms with Crippen LogP contribution >= 0.6 is 0 Å². The molecule has 25 heavy (non-hydrogen) atoms. The molecule has 2 rings (SSSR count). The molecule has 0 saturated carbocycles. The summed E-state index contributed by atoms with van der Waals surface area (Å²) in [5.74, 6) is 0.668. The topological polar surface area (TPSA) is 46.6 Å². The zero-order chi connectivity index (χ0) is 18.7. The quantitative estimate of drug-likeness (QED) is 0.774. The highest BCUT2D eigenvalue weighted by molar-refractivity contribution is 7.89. The van der Waals surface area contributed by atoms with E-state index in [1.807, 2.05) is 19.1 Å². The third kappa shape index (κ3) is 4.83. The van der Waals surface area contributed by atoms with Crippen LogP contribution in [0, 0.1) is 0 Å². The summed E-state index contributed by atoms with van der Waals surface area (Å²) in [6.45, 7) is 9.25. The van der Waals surface area contributed by atoms with E-state index in [9.17, 15) is 8.42 Å². The van der Waals surface area contributed by atoms with Gasteiger partial charge in [0, 0.05) is 13.6 Å². The molecule has 0 aliphatic heterocycles. The molecule has 2 aromatic carbocycles. The molecule has 0 bridgehead atoms. The Kier molecular flexibility index (Phi) is 5.91. The van der Waals surface area contributed by atoms with Crippen LogP contribution in [-0.2, 0) is 22.0 Å². The summed E-state index contributed by atoms with van der Waals surface area (Å²) in [7, 11) is -1.93. The van der Waals surface area contributed by atoms with Crippen LogP contribution in [0.2, 0.25) is 0 Å². The maximum atomic E-state index is 12.7. The van der Waals surface area contributed by atoms with E-state index >= 15 is 0 Å². The second kappa shape index (κ2) is 7.58. The largest absolute Gasteiger partial charge is 0.494 e. The van der Waals surface area contributed by atoms with E-state index in [2.05, 4.69) is 32.9 Å². The lowest BCUT2D eigenvalue weighted by Gasteiger charge is -2.21. The first-order chi connectivity index (χ1) is 11.6. The summed E-state index contributed by atoms with van der Waals surface area (Å²) in [5.41, 5.74) is 2.28. The molecule has 0 aromatic heterocycles. The molecule has 2 aromatic rings. The van der Waals surface area contributed by atoms with Crippen LogP contribution in [0.4, 0.5) is 0 Å². The van der Waals surface area contributed by atoms with E-state index in [1.54, 1.807) is 31.3 Å². The molecule has 136 valence electrons. The number of ether oxygens (including phenoxy) is 1. The molecule has 0 amide bonds. The number of nitrogens with zero attached hydrogens (tertiary/aromatic N) is 1. The van der Waals surface area contributed by atoms with Crippen LogP contribution in [-0.4, -0.2) is 26.4 Å². The van der Waals surface area contributed by atoms with Crippen LogP contribution < -0.4 is 4.74 Å². The summed E-state index contributed by atoms with van der Waals surface area (Å²) in [6.07, 6.45) is 0. The molecule has 0 atom stereocenters. The first-order valence-corrected chi connectivity index (χ1v) is 9.87. The Morgan fingerprint density at radius 3 is 2.00 bits per heavy atom. The van der Waals surface area contributed by atoms with Crippen molar-refractivity contribution < 1.29 is 13.2 Å². The number of hydrogen-bond acceptors (Lipinski definition) is 3. The van der Waals surface area contributed by atoms with Gasteiger partial charge >= 0.3 is 0 Å². The van der Waals surface area contributed by atoms with Crippen molar-refractivity contribution in [2.24, 2.45) is 0 Å². The van der Waals surface area contributed by atoms with Gasteiger partial charge in [0.1, 0.15) is 5.75 Å². The smallest absolute Gasteiger partial charge is 0.243 e. The molecule has 0 N–H and O–H groups in total. The second-order valence-electron chi connectivity index (χ2n) is 7.11. The molecule has 0 aliphatic rings. The molecular formula is C20H27NO3S. The average Bonchev–Trinajstić information content (AvgIpc) is 2.55. The molecular weight excluding hydrogens is 334 g/mol. The fourth-order valence-corrected chi connectivity index (χ4v) is 3.67. The number of rotatable bonds is 6. The minimum absolute atomic E-state index is 0.0822. The van der Waals surface area contributed by atoms with Gasteiger partial charge in [0.25, 0.3) is 0 Å². The Labute approximate surface area is 151 Å². The Hall–Kier alpha value is -1.85. The molecule has 0 saturated heterocycles. The molecule has 0 heterocycles. The summed E-state index contributed by atoms with van der Waals surface area (Å²) in [4.78, 5) is 0.268. The Bertz CT molecular complexity index is 788. The van der Waals surface area contributed by atoms with E-state index < -0.39 is 10.0 Å². The average molecular weight is 362 g/mol. The predicted octanol–water partition coefficient (Wildman–Crippen LogP) is 4.20. The van der Waals surface area contributed by atoms with Gasteiger partial charge in [-0.3, -0.25) is 0 Å². The van der Waals surface area contributed by atoms with E-state index in [0.717, 1.165) is 5.56 Å². The molecule has 4 nitrogen and oxygen atoms in total. The monoisotopic (exact) mass is 361 g/mol. The second-order valence-corrected chi connectivity index (χ2v) is 9.16. The van der Waals surface area contributed by atoms with Crippen molar-refractivity contribution in [1.82, 2.24) is 4.31 Å². The summed E-state index contributed by atoms with van der Waals surface area (Å²) in [6, 6.07) is 14.6. The van der Waals surface area contributed by atoms with Crippen LogP contribution in [0.3, 0.4) is 0 Å². The molecule has 0 fully saturated rings. The lowest BCUT2D eigenvalue weighted by molar-refractivity contribution is 0.340. The van der Waals surface area contributed by atoms with Crippen LogP contribution in [0.25, 0.3) is 0 Å². The van der Waals surface area contributed by atoms with Crippen molar-refractivity contribution in [3.63, 3.8) is 0 Å². The van der Waals surface area contributed by atoms with E-state index in [0.29, 0.717) is 18.9 Å². The van der Waals surface area contributed by atoms with Crippen molar-refractivity contribution in [1.29, 1.82) is 0 Å². The van der Waals surface area contributed by atoms with Crippen molar-refractivity contribution in [3.05, 3.63) is 59.7 Å². The van der Waals surface area contributed by atoms with Crippen molar-refractivity contribution in [2.45, 2.75) is 44.6 Å². The van der Waals surface area contributed by atoms with Gasteiger partial charge in [0.05, 0.1) is 11.5 Å². The SMILES string of the molecule is CCOc1ccc(S(=O)(=O)N(C)Cc2ccc(C(C)(C)C)cc2)cc1.